The van der Waals surface area contributed by atoms with E-state index in [-0.39, 0.29) is 13.0 Å². The summed E-state index contributed by atoms with van der Waals surface area (Å²) in [4.78, 5) is 23.3. The minimum atomic E-state index is -5.03. The van der Waals surface area contributed by atoms with Crippen molar-refractivity contribution < 1.29 is 58.3 Å². The fraction of sp³-hybridized carbons (Fsp3) is 0.836. The van der Waals surface area contributed by atoms with E-state index >= 15 is 0 Å². The maximum Gasteiger partial charge on any atom is 0.472 e. The zero-order valence-corrected chi connectivity index (χ0v) is 43.8. The van der Waals surface area contributed by atoms with Crippen molar-refractivity contribution in [3.8, 4) is 0 Å². The second kappa shape index (κ2) is 45.2. The fourth-order valence-electron chi connectivity index (χ4n) is 8.41. The van der Waals surface area contributed by atoms with Crippen LogP contribution in [0.4, 0.5) is 0 Å². The van der Waals surface area contributed by atoms with Gasteiger partial charge in [-0.05, 0) is 51.4 Å². The predicted octanol–water partition coefficient (Wildman–Crippen LogP) is 12.8. The second-order valence-corrected chi connectivity index (χ2v) is 20.5. The van der Waals surface area contributed by atoms with Crippen molar-refractivity contribution in [1.82, 2.24) is 0 Å². The molecular formula is C55H101O12P. The average Bonchev–Trinajstić information content (AvgIpc) is 3.32. The highest BCUT2D eigenvalue weighted by Gasteiger charge is 2.51. The monoisotopic (exact) mass is 985 g/mol. The third-order valence-corrected chi connectivity index (χ3v) is 13.7. The molecule has 12 nitrogen and oxygen atoms in total. The minimum absolute atomic E-state index is 0.0808. The summed E-state index contributed by atoms with van der Waals surface area (Å²) in [5.74, 6) is -0.488. The molecule has 0 heterocycles. The number of esters is 1. The Balaban J connectivity index is 2.31. The average molecular weight is 985 g/mol. The summed E-state index contributed by atoms with van der Waals surface area (Å²) in [6.45, 7) is 4.17. The van der Waals surface area contributed by atoms with Crippen molar-refractivity contribution in [3.63, 3.8) is 0 Å². The first-order valence-electron chi connectivity index (χ1n) is 27.5. The quantitative estimate of drug-likeness (QED) is 0.0147. The molecular weight excluding hydrogens is 884 g/mol. The number of rotatable bonds is 47. The lowest BCUT2D eigenvalue weighted by Crippen LogP contribution is -2.64. The number of hydrogen-bond acceptors (Lipinski definition) is 11. The van der Waals surface area contributed by atoms with Crippen LogP contribution in [0.25, 0.3) is 0 Å². The van der Waals surface area contributed by atoms with Crippen molar-refractivity contribution in [2.45, 2.75) is 275 Å². The standard InChI is InChI=1S/C55H101O12P/c1-3-5-7-9-11-13-15-17-19-21-23-24-25-27-29-31-33-35-37-39-41-43-45-64-46-48(47-65-68(62,63)67-55-53(60)51(58)50(57)52(59)54(55)61)66-49(56)44-42-40-38-36-34-32-30-28-26-22-20-18-16-14-12-10-8-6-4-2/h6,8,12,14,18,20,26,28,48,50-55,57-61H,3-5,7,9-11,13,15-17,19,21-25,27,29-47H2,1-2H3,(H,62,63)/b8-6-,14-12-,20-18-,28-26-. The van der Waals surface area contributed by atoms with Crippen LogP contribution in [0.1, 0.15) is 232 Å². The highest BCUT2D eigenvalue weighted by Crippen LogP contribution is 2.47. The Bertz CT molecular complexity index is 1310. The topological polar surface area (TPSA) is 192 Å². The molecule has 0 radical (unpaired) electrons. The van der Waals surface area contributed by atoms with Gasteiger partial charge >= 0.3 is 13.8 Å². The van der Waals surface area contributed by atoms with Gasteiger partial charge in [-0.3, -0.25) is 13.8 Å². The molecule has 13 heteroatoms. The number of carbonyl (C=O) groups excluding carboxylic acids is 1. The maximum atomic E-state index is 12.9. The van der Waals surface area contributed by atoms with Gasteiger partial charge in [0.05, 0.1) is 13.2 Å². The highest BCUT2D eigenvalue weighted by molar-refractivity contribution is 7.47. The first-order valence-corrected chi connectivity index (χ1v) is 29.0. The van der Waals surface area contributed by atoms with Crippen LogP contribution in [-0.4, -0.2) is 98.9 Å². The Hall–Kier alpha value is -1.70. The molecule has 1 aliphatic carbocycles. The molecule has 0 bridgehead atoms. The van der Waals surface area contributed by atoms with Gasteiger partial charge in [-0.2, -0.15) is 0 Å². The van der Waals surface area contributed by atoms with Crippen molar-refractivity contribution in [1.29, 1.82) is 0 Å². The molecule has 0 aromatic rings. The molecule has 0 aliphatic heterocycles. The molecule has 0 amide bonds. The molecule has 6 unspecified atom stereocenters. The first kappa shape index (κ1) is 64.3. The lowest BCUT2D eigenvalue weighted by Gasteiger charge is -2.41. The molecule has 1 fully saturated rings. The molecule has 6 N–H and O–H groups in total. The van der Waals surface area contributed by atoms with Crippen molar-refractivity contribution in [2.24, 2.45) is 0 Å². The summed E-state index contributed by atoms with van der Waals surface area (Å²) < 4.78 is 34.4. The summed E-state index contributed by atoms with van der Waals surface area (Å²) in [6, 6.07) is 0. The van der Waals surface area contributed by atoms with E-state index in [0.29, 0.717) is 13.0 Å². The molecule has 68 heavy (non-hydrogen) atoms. The summed E-state index contributed by atoms with van der Waals surface area (Å²) in [5.41, 5.74) is 0. The number of phosphoric ester groups is 1. The molecule has 1 aliphatic rings. The van der Waals surface area contributed by atoms with Crippen LogP contribution in [0.2, 0.25) is 0 Å². The summed E-state index contributed by atoms with van der Waals surface area (Å²) >= 11 is 0. The number of phosphoric acid groups is 1. The van der Waals surface area contributed by atoms with E-state index in [1.54, 1.807) is 0 Å². The van der Waals surface area contributed by atoms with E-state index in [1.807, 2.05) is 0 Å². The second-order valence-electron chi connectivity index (χ2n) is 19.1. The minimum Gasteiger partial charge on any atom is -0.457 e. The number of unbranched alkanes of at least 4 members (excludes halogenated alkanes) is 27. The predicted molar refractivity (Wildman–Crippen MR) is 276 cm³/mol. The van der Waals surface area contributed by atoms with Gasteiger partial charge in [-0.25, -0.2) is 4.57 Å². The van der Waals surface area contributed by atoms with Crippen molar-refractivity contribution in [3.05, 3.63) is 48.6 Å². The van der Waals surface area contributed by atoms with Crippen LogP contribution < -0.4 is 0 Å². The van der Waals surface area contributed by atoms with Gasteiger partial charge in [-0.15, -0.1) is 0 Å². The Morgan fingerprint density at radius 1 is 0.485 bits per heavy atom. The number of ether oxygens (including phenoxy) is 2. The van der Waals surface area contributed by atoms with E-state index < -0.39 is 63.1 Å². The molecule has 6 atom stereocenters. The molecule has 1 saturated carbocycles. The summed E-state index contributed by atoms with van der Waals surface area (Å²) in [5, 5.41) is 50.4. The van der Waals surface area contributed by atoms with Gasteiger partial charge in [0.2, 0.25) is 0 Å². The normalized spacial score (nSPS) is 21.5. The van der Waals surface area contributed by atoms with E-state index in [4.69, 9.17) is 18.5 Å². The van der Waals surface area contributed by atoms with Crippen LogP contribution in [0.15, 0.2) is 48.6 Å². The molecule has 1 rings (SSSR count). The first-order chi connectivity index (χ1) is 33.0. The Morgan fingerprint density at radius 2 is 0.868 bits per heavy atom. The number of hydrogen-bond donors (Lipinski definition) is 6. The Kier molecular flexibility index (Phi) is 42.7. The zero-order chi connectivity index (χ0) is 49.8. The smallest absolute Gasteiger partial charge is 0.457 e. The Labute approximate surface area is 414 Å². The largest absolute Gasteiger partial charge is 0.472 e. The van der Waals surface area contributed by atoms with Gasteiger partial charge in [0, 0.05) is 13.0 Å². The Morgan fingerprint density at radius 3 is 1.32 bits per heavy atom. The molecule has 0 saturated heterocycles. The van der Waals surface area contributed by atoms with Crippen LogP contribution in [0, 0.1) is 0 Å². The zero-order valence-electron chi connectivity index (χ0n) is 42.9. The number of carbonyl (C=O) groups is 1. The van der Waals surface area contributed by atoms with E-state index in [9.17, 15) is 39.8 Å². The third-order valence-electron chi connectivity index (χ3n) is 12.7. The van der Waals surface area contributed by atoms with Gasteiger partial charge < -0.3 is 39.9 Å². The number of aliphatic hydroxyl groups excluding tert-OH is 5. The van der Waals surface area contributed by atoms with E-state index in [1.165, 1.54) is 122 Å². The van der Waals surface area contributed by atoms with Crippen LogP contribution in [0.3, 0.4) is 0 Å². The SMILES string of the molecule is CC/C=C\C/C=C\C/C=C\C/C=C\CCCCCCCCC(=O)OC(COCCCCCCCCCCCCCCCCCCCCCCCC)COP(=O)(O)OC1C(O)C(O)C(O)C(O)C1O. The summed E-state index contributed by atoms with van der Waals surface area (Å²) in [7, 11) is -5.03. The highest BCUT2D eigenvalue weighted by atomic mass is 31.2. The van der Waals surface area contributed by atoms with E-state index in [2.05, 4.69) is 62.5 Å². The lowest BCUT2D eigenvalue weighted by molar-refractivity contribution is -0.220. The molecule has 0 aromatic carbocycles. The lowest BCUT2D eigenvalue weighted by atomic mass is 9.85. The number of allylic oxidation sites excluding steroid dienone is 8. The number of aliphatic hydroxyl groups is 5. The van der Waals surface area contributed by atoms with Gasteiger partial charge in [0.1, 0.15) is 42.7 Å². The maximum absolute atomic E-state index is 12.9. The molecule has 398 valence electrons. The molecule has 0 spiro atoms. The van der Waals surface area contributed by atoms with Gasteiger partial charge in [-0.1, -0.05) is 223 Å². The summed E-state index contributed by atoms with van der Waals surface area (Å²) in [6.07, 6.45) is 44.6. The van der Waals surface area contributed by atoms with Crippen LogP contribution >= 0.6 is 7.82 Å². The van der Waals surface area contributed by atoms with Gasteiger partial charge in [0.25, 0.3) is 0 Å². The van der Waals surface area contributed by atoms with Crippen LogP contribution in [-0.2, 0) is 27.9 Å². The van der Waals surface area contributed by atoms with Crippen LogP contribution in [0.5, 0.6) is 0 Å². The third kappa shape index (κ3) is 36.3. The van der Waals surface area contributed by atoms with E-state index in [0.717, 1.165) is 83.5 Å². The van der Waals surface area contributed by atoms with Crippen molar-refractivity contribution >= 4 is 13.8 Å². The fourth-order valence-corrected chi connectivity index (χ4v) is 9.38. The molecule has 0 aromatic heterocycles. The van der Waals surface area contributed by atoms with Gasteiger partial charge in [0.15, 0.2) is 0 Å². The van der Waals surface area contributed by atoms with Crippen molar-refractivity contribution in [2.75, 3.05) is 19.8 Å².